The molecule has 0 saturated heterocycles. The van der Waals surface area contributed by atoms with Crippen LogP contribution in [0.5, 0.6) is 17.5 Å². The third kappa shape index (κ3) is 2.70. The number of para-hydroxylation sites is 1. The maximum absolute atomic E-state index is 5.48. The molecule has 0 amide bonds. The molecule has 0 N–H and O–H groups in total. The van der Waals surface area contributed by atoms with Crippen LogP contribution in [0, 0.1) is 0 Å². The molecule has 4 heteroatoms. The van der Waals surface area contributed by atoms with Gasteiger partial charge in [0.05, 0.1) is 6.61 Å². The van der Waals surface area contributed by atoms with Gasteiger partial charge in [-0.3, -0.25) is 0 Å². The largest absolute Gasteiger partial charge is 0.477 e. The van der Waals surface area contributed by atoms with Crippen molar-refractivity contribution in [3.05, 3.63) is 42.5 Å². The van der Waals surface area contributed by atoms with Crippen molar-refractivity contribution in [2.45, 2.75) is 6.92 Å². The van der Waals surface area contributed by atoms with Crippen molar-refractivity contribution in [1.29, 1.82) is 0 Å². The second-order valence-electron chi connectivity index (χ2n) is 3.06. The van der Waals surface area contributed by atoms with Crippen molar-refractivity contribution >= 4 is 0 Å². The van der Waals surface area contributed by atoms with Gasteiger partial charge in [-0.2, -0.15) is 0 Å². The molecule has 2 aromatic rings. The van der Waals surface area contributed by atoms with Gasteiger partial charge in [-0.15, -0.1) is 10.2 Å². The van der Waals surface area contributed by atoms with E-state index in [4.69, 9.17) is 9.47 Å². The predicted octanol–water partition coefficient (Wildman–Crippen LogP) is 2.67. The van der Waals surface area contributed by atoms with Crippen LogP contribution in [0.1, 0.15) is 6.92 Å². The van der Waals surface area contributed by atoms with Crippen LogP contribution in [0.15, 0.2) is 42.5 Å². The second-order valence-corrected chi connectivity index (χ2v) is 3.06. The second kappa shape index (κ2) is 5.11. The van der Waals surface area contributed by atoms with Crippen LogP contribution < -0.4 is 9.47 Å². The third-order valence-electron chi connectivity index (χ3n) is 1.87. The predicted molar refractivity (Wildman–Crippen MR) is 59.7 cm³/mol. The average Bonchev–Trinajstić information content (AvgIpc) is 2.33. The molecule has 0 fully saturated rings. The molecule has 1 aromatic carbocycles. The molecular weight excluding hydrogens is 204 g/mol. The molecule has 0 aliphatic heterocycles. The molecule has 0 atom stereocenters. The molecule has 0 spiro atoms. The third-order valence-corrected chi connectivity index (χ3v) is 1.87. The topological polar surface area (TPSA) is 44.2 Å². The van der Waals surface area contributed by atoms with Crippen LogP contribution in [0.2, 0.25) is 0 Å². The molecule has 0 saturated carbocycles. The van der Waals surface area contributed by atoms with Crippen molar-refractivity contribution < 1.29 is 9.47 Å². The van der Waals surface area contributed by atoms with Gasteiger partial charge in [0.1, 0.15) is 5.75 Å². The van der Waals surface area contributed by atoms with Gasteiger partial charge in [0, 0.05) is 12.1 Å². The van der Waals surface area contributed by atoms with Crippen molar-refractivity contribution in [2.24, 2.45) is 0 Å². The molecule has 16 heavy (non-hydrogen) atoms. The molecule has 0 unspecified atom stereocenters. The van der Waals surface area contributed by atoms with Crippen LogP contribution in [-0.2, 0) is 0 Å². The van der Waals surface area contributed by atoms with Gasteiger partial charge in [0.25, 0.3) is 0 Å². The van der Waals surface area contributed by atoms with Crippen LogP contribution in [-0.4, -0.2) is 16.8 Å². The highest BCUT2D eigenvalue weighted by Crippen LogP contribution is 2.18. The molecule has 0 bridgehead atoms. The summed E-state index contributed by atoms with van der Waals surface area (Å²) >= 11 is 0. The van der Waals surface area contributed by atoms with Gasteiger partial charge in [0.2, 0.25) is 11.8 Å². The van der Waals surface area contributed by atoms with Crippen molar-refractivity contribution in [1.82, 2.24) is 10.2 Å². The van der Waals surface area contributed by atoms with Gasteiger partial charge < -0.3 is 9.47 Å². The fourth-order valence-corrected chi connectivity index (χ4v) is 1.20. The Hall–Kier alpha value is -2.10. The Kier molecular flexibility index (Phi) is 3.33. The maximum Gasteiger partial charge on any atom is 0.239 e. The molecule has 1 aromatic heterocycles. The minimum atomic E-state index is 0.453. The number of hydrogen-bond donors (Lipinski definition) is 0. The van der Waals surface area contributed by atoms with Crippen molar-refractivity contribution in [3.8, 4) is 17.5 Å². The van der Waals surface area contributed by atoms with E-state index >= 15 is 0 Å². The Morgan fingerprint density at radius 2 is 1.62 bits per heavy atom. The van der Waals surface area contributed by atoms with E-state index in [9.17, 15) is 0 Å². The molecule has 2 rings (SSSR count). The van der Waals surface area contributed by atoms with Crippen molar-refractivity contribution in [2.75, 3.05) is 6.61 Å². The lowest BCUT2D eigenvalue weighted by Gasteiger charge is -2.04. The van der Waals surface area contributed by atoms with E-state index in [-0.39, 0.29) is 0 Å². The van der Waals surface area contributed by atoms with E-state index in [1.165, 1.54) is 0 Å². The lowest BCUT2D eigenvalue weighted by Crippen LogP contribution is -1.96. The molecule has 0 aliphatic rings. The van der Waals surface area contributed by atoms with E-state index < -0.39 is 0 Å². The summed E-state index contributed by atoms with van der Waals surface area (Å²) in [4.78, 5) is 0. The average molecular weight is 216 g/mol. The summed E-state index contributed by atoms with van der Waals surface area (Å²) in [6, 6.07) is 12.9. The summed E-state index contributed by atoms with van der Waals surface area (Å²) in [6.07, 6.45) is 0. The van der Waals surface area contributed by atoms with Crippen LogP contribution in [0.4, 0.5) is 0 Å². The first kappa shape index (κ1) is 10.4. The first-order chi connectivity index (χ1) is 7.88. The number of hydrogen-bond acceptors (Lipinski definition) is 4. The summed E-state index contributed by atoms with van der Waals surface area (Å²) in [6.45, 7) is 2.48. The zero-order valence-corrected chi connectivity index (χ0v) is 8.96. The van der Waals surface area contributed by atoms with Crippen LogP contribution >= 0.6 is 0 Å². The number of nitrogens with zero attached hydrogens (tertiary/aromatic N) is 2. The summed E-state index contributed by atoms with van der Waals surface area (Å²) < 4.78 is 10.7. The standard InChI is InChI=1S/C12H12N2O2/c1-2-15-11-8-9-12(14-13-11)16-10-6-4-3-5-7-10/h3-9H,2H2,1H3. The van der Waals surface area contributed by atoms with Gasteiger partial charge in [-0.05, 0) is 19.1 Å². The van der Waals surface area contributed by atoms with E-state index in [1.807, 2.05) is 37.3 Å². The van der Waals surface area contributed by atoms with Crippen LogP contribution in [0.25, 0.3) is 0 Å². The first-order valence-electron chi connectivity index (χ1n) is 5.08. The zero-order chi connectivity index (χ0) is 11.2. The Morgan fingerprint density at radius 1 is 0.938 bits per heavy atom. The molecule has 0 radical (unpaired) electrons. The summed E-state index contributed by atoms with van der Waals surface area (Å²) in [5, 5.41) is 7.76. The van der Waals surface area contributed by atoms with E-state index in [2.05, 4.69) is 10.2 Å². The quantitative estimate of drug-likeness (QED) is 0.788. The smallest absolute Gasteiger partial charge is 0.239 e. The van der Waals surface area contributed by atoms with E-state index in [0.29, 0.717) is 18.4 Å². The Labute approximate surface area is 93.9 Å². The lowest BCUT2D eigenvalue weighted by molar-refractivity contribution is 0.319. The molecular formula is C12H12N2O2. The van der Waals surface area contributed by atoms with Gasteiger partial charge in [-0.1, -0.05) is 18.2 Å². The highest BCUT2D eigenvalue weighted by Gasteiger charge is 1.99. The first-order valence-corrected chi connectivity index (χ1v) is 5.08. The summed E-state index contributed by atoms with van der Waals surface area (Å²) in [5.41, 5.74) is 0. The maximum atomic E-state index is 5.48. The van der Waals surface area contributed by atoms with Crippen molar-refractivity contribution in [3.63, 3.8) is 0 Å². The number of aromatic nitrogens is 2. The Balaban J connectivity index is 2.05. The minimum Gasteiger partial charge on any atom is -0.477 e. The fraction of sp³-hybridized carbons (Fsp3) is 0.167. The van der Waals surface area contributed by atoms with E-state index in [0.717, 1.165) is 5.75 Å². The molecule has 82 valence electrons. The number of benzene rings is 1. The Morgan fingerprint density at radius 3 is 2.25 bits per heavy atom. The number of ether oxygens (including phenoxy) is 2. The lowest BCUT2D eigenvalue weighted by atomic mass is 10.3. The highest BCUT2D eigenvalue weighted by molar-refractivity contribution is 5.26. The normalized spacial score (nSPS) is 9.81. The van der Waals surface area contributed by atoms with Crippen LogP contribution in [0.3, 0.4) is 0 Å². The molecule has 0 aliphatic carbocycles. The zero-order valence-electron chi connectivity index (χ0n) is 8.96. The van der Waals surface area contributed by atoms with Gasteiger partial charge in [0.15, 0.2) is 0 Å². The fourth-order valence-electron chi connectivity index (χ4n) is 1.20. The van der Waals surface area contributed by atoms with E-state index in [1.54, 1.807) is 12.1 Å². The summed E-state index contributed by atoms with van der Waals surface area (Å²) in [5.74, 6) is 1.69. The van der Waals surface area contributed by atoms with Gasteiger partial charge in [-0.25, -0.2) is 0 Å². The highest BCUT2D eigenvalue weighted by atomic mass is 16.5. The monoisotopic (exact) mass is 216 g/mol. The molecule has 4 nitrogen and oxygen atoms in total. The molecule has 1 heterocycles. The SMILES string of the molecule is CCOc1ccc(Oc2ccccc2)nn1. The minimum absolute atomic E-state index is 0.453. The Bertz CT molecular complexity index is 429. The summed E-state index contributed by atoms with van der Waals surface area (Å²) in [7, 11) is 0. The van der Waals surface area contributed by atoms with Gasteiger partial charge >= 0.3 is 0 Å². The number of rotatable bonds is 4.